The van der Waals surface area contributed by atoms with E-state index in [2.05, 4.69) is 20.8 Å². The Balaban J connectivity index is 1.85. The van der Waals surface area contributed by atoms with Gasteiger partial charge in [0.25, 0.3) is 5.91 Å². The van der Waals surface area contributed by atoms with E-state index in [1.807, 2.05) is 13.0 Å². The number of amides is 2. The van der Waals surface area contributed by atoms with Gasteiger partial charge in [-0.05, 0) is 19.4 Å². The van der Waals surface area contributed by atoms with Gasteiger partial charge in [0.2, 0.25) is 5.91 Å². The molecule has 0 saturated carbocycles. The number of H-pyrrole nitrogens is 1. The van der Waals surface area contributed by atoms with Gasteiger partial charge >= 0.3 is 5.97 Å². The molecule has 0 spiro atoms. The second kappa shape index (κ2) is 8.09. The standard InChI is InChI=1S/C16H20N4O4/c1-3-8-17-15(22)10(2)18-13(21)9-24-16(23)14-11-6-4-5-7-12(11)19-20-14/h4-7,10H,3,8-9H2,1-2H3,(H,17,22)(H,18,21)(H,19,20)/t10-/m1/s1. The molecule has 2 rings (SSSR count). The molecule has 0 aliphatic heterocycles. The molecule has 0 fully saturated rings. The molecule has 2 amide bonds. The molecule has 3 N–H and O–H groups in total. The third-order valence-electron chi connectivity index (χ3n) is 3.32. The van der Waals surface area contributed by atoms with Gasteiger partial charge in [-0.1, -0.05) is 25.1 Å². The Labute approximate surface area is 138 Å². The first kappa shape index (κ1) is 17.5. The predicted molar refractivity (Wildman–Crippen MR) is 87.3 cm³/mol. The molecule has 0 saturated heterocycles. The second-order valence-corrected chi connectivity index (χ2v) is 5.27. The summed E-state index contributed by atoms with van der Waals surface area (Å²) >= 11 is 0. The highest BCUT2D eigenvalue weighted by Gasteiger charge is 2.19. The average molecular weight is 332 g/mol. The zero-order valence-electron chi connectivity index (χ0n) is 13.6. The highest BCUT2D eigenvalue weighted by atomic mass is 16.5. The maximum absolute atomic E-state index is 12.0. The molecule has 1 atom stereocenters. The molecule has 1 aromatic carbocycles. The molecule has 0 aliphatic carbocycles. The van der Waals surface area contributed by atoms with Crippen molar-refractivity contribution in [1.29, 1.82) is 0 Å². The Hall–Kier alpha value is -2.90. The van der Waals surface area contributed by atoms with Crippen molar-refractivity contribution in [1.82, 2.24) is 20.8 Å². The van der Waals surface area contributed by atoms with Crippen molar-refractivity contribution in [3.63, 3.8) is 0 Å². The Morgan fingerprint density at radius 1 is 1.29 bits per heavy atom. The minimum atomic E-state index is -0.703. The molecular formula is C16H20N4O4. The van der Waals surface area contributed by atoms with Crippen molar-refractivity contribution in [3.05, 3.63) is 30.0 Å². The summed E-state index contributed by atoms with van der Waals surface area (Å²) in [7, 11) is 0. The van der Waals surface area contributed by atoms with Crippen LogP contribution in [0, 0.1) is 0 Å². The molecule has 0 bridgehead atoms. The molecule has 0 unspecified atom stereocenters. The number of carbonyl (C=O) groups excluding carboxylic acids is 3. The lowest BCUT2D eigenvalue weighted by atomic mass is 10.2. The van der Waals surface area contributed by atoms with Gasteiger partial charge in [0.05, 0.1) is 5.52 Å². The molecule has 128 valence electrons. The lowest BCUT2D eigenvalue weighted by molar-refractivity contribution is -0.130. The lowest BCUT2D eigenvalue weighted by Gasteiger charge is -2.13. The number of benzene rings is 1. The number of aromatic nitrogens is 2. The maximum atomic E-state index is 12.0. The van der Waals surface area contributed by atoms with E-state index in [9.17, 15) is 14.4 Å². The van der Waals surface area contributed by atoms with Gasteiger partial charge in [-0.15, -0.1) is 0 Å². The number of hydrogen-bond donors (Lipinski definition) is 3. The summed E-state index contributed by atoms with van der Waals surface area (Å²) in [6.07, 6.45) is 0.807. The summed E-state index contributed by atoms with van der Waals surface area (Å²) < 4.78 is 4.95. The number of fused-ring (bicyclic) bond motifs is 1. The van der Waals surface area contributed by atoms with E-state index < -0.39 is 24.5 Å². The molecule has 0 aliphatic rings. The minimum absolute atomic E-state index is 0.118. The van der Waals surface area contributed by atoms with E-state index in [-0.39, 0.29) is 11.6 Å². The molecule has 24 heavy (non-hydrogen) atoms. The van der Waals surface area contributed by atoms with Crippen molar-refractivity contribution in [2.75, 3.05) is 13.2 Å². The van der Waals surface area contributed by atoms with Gasteiger partial charge < -0.3 is 15.4 Å². The van der Waals surface area contributed by atoms with Crippen LogP contribution < -0.4 is 10.6 Å². The van der Waals surface area contributed by atoms with Gasteiger partial charge in [-0.3, -0.25) is 14.7 Å². The van der Waals surface area contributed by atoms with E-state index in [1.54, 1.807) is 25.1 Å². The number of carbonyl (C=O) groups is 3. The highest BCUT2D eigenvalue weighted by molar-refractivity contribution is 6.02. The Bertz CT molecular complexity index is 741. The molecule has 8 nitrogen and oxygen atoms in total. The second-order valence-electron chi connectivity index (χ2n) is 5.27. The topological polar surface area (TPSA) is 113 Å². The largest absolute Gasteiger partial charge is 0.451 e. The fourth-order valence-corrected chi connectivity index (χ4v) is 2.07. The first-order valence-electron chi connectivity index (χ1n) is 7.70. The van der Waals surface area contributed by atoms with Gasteiger partial charge in [0.15, 0.2) is 12.3 Å². The van der Waals surface area contributed by atoms with Crippen LogP contribution in [0.2, 0.25) is 0 Å². The summed E-state index contributed by atoms with van der Waals surface area (Å²) in [4.78, 5) is 35.5. The zero-order valence-corrected chi connectivity index (χ0v) is 13.6. The fraction of sp³-hybridized carbons (Fsp3) is 0.375. The normalized spacial score (nSPS) is 11.8. The van der Waals surface area contributed by atoms with Gasteiger partial charge in [-0.25, -0.2) is 4.79 Å². The van der Waals surface area contributed by atoms with Crippen LogP contribution in [0.15, 0.2) is 24.3 Å². The third kappa shape index (κ3) is 4.31. The van der Waals surface area contributed by atoms with Crippen LogP contribution in [0.3, 0.4) is 0 Å². The van der Waals surface area contributed by atoms with Crippen LogP contribution in [0.1, 0.15) is 30.8 Å². The summed E-state index contributed by atoms with van der Waals surface area (Å²) in [6, 6.07) is 6.40. The number of hydrogen-bond acceptors (Lipinski definition) is 5. The van der Waals surface area contributed by atoms with Crippen LogP contribution in [0.25, 0.3) is 10.9 Å². The quantitative estimate of drug-likeness (QED) is 0.648. The van der Waals surface area contributed by atoms with Crippen molar-refractivity contribution < 1.29 is 19.1 Å². The van der Waals surface area contributed by atoms with Crippen molar-refractivity contribution in [3.8, 4) is 0 Å². The predicted octanol–water partition coefficient (Wildman–Crippen LogP) is 0.751. The number of nitrogens with zero attached hydrogens (tertiary/aromatic N) is 1. The van der Waals surface area contributed by atoms with Crippen LogP contribution in [-0.2, 0) is 14.3 Å². The highest BCUT2D eigenvalue weighted by Crippen LogP contribution is 2.15. The van der Waals surface area contributed by atoms with E-state index >= 15 is 0 Å². The van der Waals surface area contributed by atoms with Crippen molar-refractivity contribution in [2.24, 2.45) is 0 Å². The molecule has 1 aromatic heterocycles. The van der Waals surface area contributed by atoms with Gasteiger partial charge in [0, 0.05) is 11.9 Å². The van der Waals surface area contributed by atoms with Crippen LogP contribution >= 0.6 is 0 Å². The Kier molecular flexibility index (Phi) is 5.89. The maximum Gasteiger partial charge on any atom is 0.359 e. The Morgan fingerprint density at radius 3 is 2.79 bits per heavy atom. The summed E-state index contributed by atoms with van der Waals surface area (Å²) in [5, 5.41) is 12.4. The molecule has 2 aromatic rings. The first-order valence-corrected chi connectivity index (χ1v) is 7.70. The fourth-order valence-electron chi connectivity index (χ4n) is 2.07. The first-order chi connectivity index (χ1) is 11.5. The average Bonchev–Trinajstić information content (AvgIpc) is 3.01. The van der Waals surface area contributed by atoms with E-state index in [0.717, 1.165) is 6.42 Å². The monoisotopic (exact) mass is 332 g/mol. The van der Waals surface area contributed by atoms with Crippen molar-refractivity contribution >= 4 is 28.7 Å². The van der Waals surface area contributed by atoms with Crippen LogP contribution in [0.5, 0.6) is 0 Å². The van der Waals surface area contributed by atoms with E-state index in [0.29, 0.717) is 17.4 Å². The van der Waals surface area contributed by atoms with E-state index in [1.165, 1.54) is 0 Å². The number of ether oxygens (including phenoxy) is 1. The lowest BCUT2D eigenvalue weighted by Crippen LogP contribution is -2.46. The minimum Gasteiger partial charge on any atom is -0.451 e. The number of nitrogens with one attached hydrogen (secondary N) is 3. The van der Waals surface area contributed by atoms with Gasteiger partial charge in [0.1, 0.15) is 6.04 Å². The van der Waals surface area contributed by atoms with E-state index in [4.69, 9.17) is 4.74 Å². The number of para-hydroxylation sites is 1. The zero-order chi connectivity index (χ0) is 17.5. The smallest absolute Gasteiger partial charge is 0.359 e. The third-order valence-corrected chi connectivity index (χ3v) is 3.32. The summed E-state index contributed by atoms with van der Waals surface area (Å²) in [6.45, 7) is 3.55. The molecule has 8 heteroatoms. The number of esters is 1. The summed E-state index contributed by atoms with van der Waals surface area (Å²) in [5.41, 5.74) is 0.822. The van der Waals surface area contributed by atoms with Crippen molar-refractivity contribution in [2.45, 2.75) is 26.3 Å². The number of rotatable bonds is 7. The molecule has 1 heterocycles. The van der Waals surface area contributed by atoms with Crippen LogP contribution in [0.4, 0.5) is 0 Å². The molecule has 0 radical (unpaired) electrons. The Morgan fingerprint density at radius 2 is 2.04 bits per heavy atom. The SMILES string of the molecule is CCCNC(=O)[C@@H](C)NC(=O)COC(=O)c1n[nH]c2ccccc12. The van der Waals surface area contributed by atoms with Crippen LogP contribution in [-0.4, -0.2) is 47.2 Å². The summed E-state index contributed by atoms with van der Waals surface area (Å²) in [5.74, 6) is -1.54. The van der Waals surface area contributed by atoms with Gasteiger partial charge in [-0.2, -0.15) is 5.10 Å². The number of aromatic amines is 1. The molecular weight excluding hydrogens is 312 g/mol.